The van der Waals surface area contributed by atoms with Crippen molar-refractivity contribution in [2.75, 3.05) is 7.11 Å². The summed E-state index contributed by atoms with van der Waals surface area (Å²) in [6.45, 7) is 0.377. The Morgan fingerprint density at radius 1 is 1.36 bits per heavy atom. The van der Waals surface area contributed by atoms with Crippen LogP contribution in [0.25, 0.3) is 17.1 Å². The third-order valence-corrected chi connectivity index (χ3v) is 4.13. The topological polar surface area (TPSA) is 77.2 Å². The summed E-state index contributed by atoms with van der Waals surface area (Å²) in [7, 11) is 1.55. The average Bonchev–Trinajstić information content (AvgIpc) is 2.92. The highest BCUT2D eigenvalue weighted by Crippen LogP contribution is 2.26. The van der Waals surface area contributed by atoms with Gasteiger partial charge in [0.15, 0.2) is 0 Å². The Morgan fingerprint density at radius 2 is 2.16 bits per heavy atom. The van der Waals surface area contributed by atoms with Crippen LogP contribution in [0.4, 0.5) is 0 Å². The molecule has 1 aromatic carbocycles. The number of carbonyl (C=O) groups is 1. The van der Waals surface area contributed by atoms with Crippen molar-refractivity contribution < 1.29 is 14.6 Å². The maximum absolute atomic E-state index is 10.8. The molecule has 6 nitrogen and oxygen atoms in total. The summed E-state index contributed by atoms with van der Waals surface area (Å²) in [4.78, 5) is 15.1. The lowest BCUT2D eigenvalue weighted by atomic mass is 10.2. The Bertz CT molecular complexity index is 983. The van der Waals surface area contributed by atoms with Gasteiger partial charge in [-0.1, -0.05) is 29.3 Å². The molecule has 0 amide bonds. The number of carboxylic acid groups (broad SMARTS) is 1. The highest BCUT2D eigenvalue weighted by molar-refractivity contribution is 6.35. The molecule has 0 aliphatic heterocycles. The van der Waals surface area contributed by atoms with Gasteiger partial charge in [-0.2, -0.15) is 5.10 Å². The van der Waals surface area contributed by atoms with Gasteiger partial charge >= 0.3 is 5.97 Å². The molecule has 25 heavy (non-hydrogen) atoms. The maximum Gasteiger partial charge on any atom is 0.328 e. The van der Waals surface area contributed by atoms with Gasteiger partial charge in [0.2, 0.25) is 0 Å². The molecule has 0 saturated carbocycles. The fourth-order valence-electron chi connectivity index (χ4n) is 2.37. The van der Waals surface area contributed by atoms with Gasteiger partial charge < -0.3 is 9.84 Å². The Morgan fingerprint density at radius 3 is 2.84 bits per heavy atom. The molecule has 1 N–H and O–H groups in total. The molecule has 0 radical (unpaired) electrons. The van der Waals surface area contributed by atoms with Crippen molar-refractivity contribution in [3.63, 3.8) is 0 Å². The molecule has 0 unspecified atom stereocenters. The Kier molecular flexibility index (Phi) is 4.92. The summed E-state index contributed by atoms with van der Waals surface area (Å²) >= 11 is 12.2. The second-order valence-corrected chi connectivity index (χ2v) is 6.04. The van der Waals surface area contributed by atoms with Gasteiger partial charge in [-0.3, -0.25) is 4.68 Å². The SMILES string of the molecule is COc1cnc2c(C=CC(=O)O)nn(Cc3ccc(Cl)cc3Cl)c2c1. The van der Waals surface area contributed by atoms with Crippen LogP contribution >= 0.6 is 23.2 Å². The highest BCUT2D eigenvalue weighted by atomic mass is 35.5. The van der Waals surface area contributed by atoms with Gasteiger partial charge in [-0.25, -0.2) is 9.78 Å². The van der Waals surface area contributed by atoms with Crippen molar-refractivity contribution in [3.8, 4) is 5.75 Å². The lowest BCUT2D eigenvalue weighted by Crippen LogP contribution is -2.02. The number of pyridine rings is 1. The van der Waals surface area contributed by atoms with E-state index in [0.717, 1.165) is 11.6 Å². The standard InChI is InChI=1S/C17H13Cl2N3O3/c1-25-12-7-15-17(20-8-12)14(4-5-16(23)24)21-22(15)9-10-2-3-11(18)6-13(10)19/h2-8H,9H2,1H3,(H,23,24). The minimum absolute atomic E-state index is 0.377. The van der Waals surface area contributed by atoms with Crippen molar-refractivity contribution >= 4 is 46.3 Å². The highest BCUT2D eigenvalue weighted by Gasteiger charge is 2.13. The molecule has 2 heterocycles. The first kappa shape index (κ1) is 17.3. The fourth-order valence-corrected chi connectivity index (χ4v) is 2.83. The number of ether oxygens (including phenoxy) is 1. The summed E-state index contributed by atoms with van der Waals surface area (Å²) in [6.07, 6.45) is 3.99. The molecule has 2 aromatic heterocycles. The average molecular weight is 378 g/mol. The molecule has 0 aliphatic carbocycles. The molecule has 8 heteroatoms. The predicted molar refractivity (Wildman–Crippen MR) is 96.3 cm³/mol. The van der Waals surface area contributed by atoms with E-state index in [1.807, 2.05) is 6.07 Å². The quantitative estimate of drug-likeness (QED) is 0.682. The zero-order valence-electron chi connectivity index (χ0n) is 13.1. The maximum atomic E-state index is 10.8. The Balaban J connectivity index is 2.10. The normalized spacial score (nSPS) is 11.3. The number of aromatic nitrogens is 3. The molecule has 128 valence electrons. The van der Waals surface area contributed by atoms with E-state index in [-0.39, 0.29) is 0 Å². The number of hydrogen-bond acceptors (Lipinski definition) is 4. The van der Waals surface area contributed by atoms with E-state index in [1.165, 1.54) is 6.08 Å². The first-order chi connectivity index (χ1) is 12.0. The largest absolute Gasteiger partial charge is 0.495 e. The molecule has 0 atom stereocenters. The molecule has 3 aromatic rings. The first-order valence-corrected chi connectivity index (χ1v) is 7.99. The lowest BCUT2D eigenvalue weighted by molar-refractivity contribution is -0.131. The van der Waals surface area contributed by atoms with E-state index in [1.54, 1.807) is 36.2 Å². The van der Waals surface area contributed by atoms with E-state index in [4.69, 9.17) is 33.0 Å². The zero-order valence-corrected chi connectivity index (χ0v) is 14.6. The van der Waals surface area contributed by atoms with Crippen LogP contribution in [-0.4, -0.2) is 33.0 Å². The molecule has 0 fully saturated rings. The van der Waals surface area contributed by atoms with Crippen LogP contribution in [0.1, 0.15) is 11.3 Å². The number of rotatable bonds is 5. The molecule has 3 rings (SSSR count). The first-order valence-electron chi connectivity index (χ1n) is 7.23. The molecule has 0 aliphatic rings. The summed E-state index contributed by atoms with van der Waals surface area (Å²) < 4.78 is 6.91. The third-order valence-electron chi connectivity index (χ3n) is 3.55. The van der Waals surface area contributed by atoms with Crippen LogP contribution < -0.4 is 4.74 Å². The van der Waals surface area contributed by atoms with E-state index >= 15 is 0 Å². The Hall–Kier alpha value is -2.57. The van der Waals surface area contributed by atoms with E-state index < -0.39 is 5.97 Å². The van der Waals surface area contributed by atoms with Gasteiger partial charge in [0.25, 0.3) is 0 Å². The molecule has 0 saturated heterocycles. The number of benzene rings is 1. The number of aliphatic carboxylic acids is 1. The number of fused-ring (bicyclic) bond motifs is 1. The van der Waals surface area contributed by atoms with Crippen LogP contribution in [0, 0.1) is 0 Å². The van der Waals surface area contributed by atoms with Crippen LogP contribution in [0.3, 0.4) is 0 Å². The summed E-state index contributed by atoms with van der Waals surface area (Å²) in [6, 6.07) is 7.02. The predicted octanol–water partition coefficient (Wildman–Crippen LogP) is 3.89. The molecule has 0 bridgehead atoms. The van der Waals surface area contributed by atoms with Crippen molar-refractivity contribution in [3.05, 3.63) is 57.8 Å². The second-order valence-electron chi connectivity index (χ2n) is 5.19. The number of methoxy groups -OCH3 is 1. The smallest absolute Gasteiger partial charge is 0.328 e. The van der Waals surface area contributed by atoms with Crippen LogP contribution in [0.2, 0.25) is 10.0 Å². The third kappa shape index (κ3) is 3.75. The summed E-state index contributed by atoms with van der Waals surface area (Å²) in [5.41, 5.74) is 2.55. The van der Waals surface area contributed by atoms with Gasteiger partial charge in [0.05, 0.1) is 25.4 Å². The molecular formula is C17H13Cl2N3O3. The second kappa shape index (κ2) is 7.13. The minimum atomic E-state index is -1.06. The fraction of sp³-hybridized carbons (Fsp3) is 0.118. The number of hydrogen-bond donors (Lipinski definition) is 1. The van der Waals surface area contributed by atoms with Gasteiger partial charge in [-0.15, -0.1) is 0 Å². The van der Waals surface area contributed by atoms with Crippen LogP contribution in [0.5, 0.6) is 5.75 Å². The van der Waals surface area contributed by atoms with Crippen molar-refractivity contribution in [1.29, 1.82) is 0 Å². The minimum Gasteiger partial charge on any atom is -0.495 e. The summed E-state index contributed by atoms with van der Waals surface area (Å²) in [5, 5.41) is 14.4. The van der Waals surface area contributed by atoms with E-state index in [2.05, 4.69) is 10.1 Å². The summed E-state index contributed by atoms with van der Waals surface area (Å²) in [5.74, 6) is -0.485. The van der Waals surface area contributed by atoms with E-state index in [0.29, 0.717) is 39.1 Å². The number of nitrogens with zero attached hydrogens (tertiary/aromatic N) is 3. The number of carboxylic acids is 1. The van der Waals surface area contributed by atoms with E-state index in [9.17, 15) is 4.79 Å². The monoisotopic (exact) mass is 377 g/mol. The van der Waals surface area contributed by atoms with Crippen molar-refractivity contribution in [2.45, 2.75) is 6.54 Å². The van der Waals surface area contributed by atoms with Gasteiger partial charge in [0.1, 0.15) is 17.0 Å². The van der Waals surface area contributed by atoms with Gasteiger partial charge in [-0.05, 0) is 23.8 Å². The van der Waals surface area contributed by atoms with Crippen LogP contribution in [0.15, 0.2) is 36.5 Å². The number of halogens is 2. The van der Waals surface area contributed by atoms with Crippen molar-refractivity contribution in [2.24, 2.45) is 0 Å². The zero-order chi connectivity index (χ0) is 18.0. The molecular weight excluding hydrogens is 365 g/mol. The molecule has 0 spiro atoms. The lowest BCUT2D eigenvalue weighted by Gasteiger charge is -2.07. The Labute approximate surface area is 153 Å². The van der Waals surface area contributed by atoms with Gasteiger partial charge in [0, 0.05) is 22.2 Å². The van der Waals surface area contributed by atoms with Crippen LogP contribution in [-0.2, 0) is 11.3 Å². The van der Waals surface area contributed by atoms with Crippen molar-refractivity contribution in [1.82, 2.24) is 14.8 Å².